The predicted molar refractivity (Wildman–Crippen MR) is 89.9 cm³/mol. The van der Waals surface area contributed by atoms with Gasteiger partial charge in [-0.3, -0.25) is 0 Å². The van der Waals surface area contributed by atoms with Gasteiger partial charge in [0.1, 0.15) is 18.2 Å². The second kappa shape index (κ2) is 7.36. The molecule has 0 saturated carbocycles. The number of rotatable bonds is 6. The molecule has 1 aliphatic heterocycles. The van der Waals surface area contributed by atoms with Crippen LogP contribution in [0.3, 0.4) is 0 Å². The third-order valence-electron chi connectivity index (χ3n) is 3.85. The van der Waals surface area contributed by atoms with Gasteiger partial charge in [-0.05, 0) is 30.5 Å². The molecule has 0 aliphatic carbocycles. The maximum Gasteiger partial charge on any atom is 0.216 e. The van der Waals surface area contributed by atoms with Crippen LogP contribution in [0.1, 0.15) is 36.1 Å². The van der Waals surface area contributed by atoms with Gasteiger partial charge < -0.3 is 4.74 Å². The number of halogens is 2. The fourth-order valence-electron chi connectivity index (χ4n) is 2.81. The summed E-state index contributed by atoms with van der Waals surface area (Å²) in [6.45, 7) is 0.964. The molecular weight excluding hydrogens is 371 g/mol. The van der Waals surface area contributed by atoms with E-state index in [9.17, 15) is 12.8 Å². The fourth-order valence-corrected chi connectivity index (χ4v) is 4.37. The summed E-state index contributed by atoms with van der Waals surface area (Å²) in [5.41, 5.74) is 0.413. The highest BCUT2D eigenvalue weighted by molar-refractivity contribution is 7.88. The van der Waals surface area contributed by atoms with E-state index in [0.29, 0.717) is 30.2 Å². The largest absolute Gasteiger partial charge is 0.377 e. The summed E-state index contributed by atoms with van der Waals surface area (Å²) in [6, 6.07) is 3.42. The van der Waals surface area contributed by atoms with Crippen LogP contribution in [-0.2, 0) is 33.7 Å². The number of aromatic nitrogens is 3. The number of benzene rings is 1. The second-order valence-corrected chi connectivity index (χ2v) is 8.02. The first-order valence-corrected chi connectivity index (χ1v) is 9.77. The number of hydrogen-bond acceptors (Lipinski definition) is 5. The first-order valence-electron chi connectivity index (χ1n) is 7.74. The number of ether oxygens (including phenoxy) is 1. The molecule has 0 radical (unpaired) electrons. The van der Waals surface area contributed by atoms with Gasteiger partial charge in [0.15, 0.2) is 5.82 Å². The molecule has 25 heavy (non-hydrogen) atoms. The summed E-state index contributed by atoms with van der Waals surface area (Å²) in [5, 5.41) is 4.21. The molecule has 0 amide bonds. The maximum atomic E-state index is 13.2. The SMILES string of the molecule is COCc1nc2n(n1)CCCC2NS(=O)(=O)Cc1ccc(F)c(Cl)c1. The molecule has 1 aliphatic rings. The molecule has 0 saturated heterocycles. The highest BCUT2D eigenvalue weighted by atomic mass is 35.5. The molecule has 2 heterocycles. The van der Waals surface area contributed by atoms with Crippen molar-refractivity contribution in [1.29, 1.82) is 0 Å². The molecule has 0 bridgehead atoms. The normalized spacial score (nSPS) is 17.5. The molecule has 136 valence electrons. The van der Waals surface area contributed by atoms with Gasteiger partial charge in [-0.15, -0.1) is 0 Å². The van der Waals surface area contributed by atoms with Crippen LogP contribution >= 0.6 is 11.6 Å². The van der Waals surface area contributed by atoms with Gasteiger partial charge in [0.25, 0.3) is 0 Å². The lowest BCUT2D eigenvalue weighted by Crippen LogP contribution is -2.34. The Labute approximate surface area is 150 Å². The van der Waals surface area contributed by atoms with Crippen LogP contribution in [0.4, 0.5) is 4.39 Å². The topological polar surface area (TPSA) is 86.1 Å². The Balaban J connectivity index is 1.76. The lowest BCUT2D eigenvalue weighted by atomic mass is 10.1. The number of methoxy groups -OCH3 is 1. The summed E-state index contributed by atoms with van der Waals surface area (Å²) in [6.07, 6.45) is 1.42. The molecule has 0 fully saturated rings. The molecule has 7 nitrogen and oxygen atoms in total. The van der Waals surface area contributed by atoms with E-state index in [0.717, 1.165) is 12.5 Å². The van der Waals surface area contributed by atoms with Gasteiger partial charge in [-0.2, -0.15) is 5.10 Å². The van der Waals surface area contributed by atoms with Gasteiger partial charge in [-0.1, -0.05) is 17.7 Å². The maximum absolute atomic E-state index is 13.2. The molecule has 1 aromatic carbocycles. The van der Waals surface area contributed by atoms with Crippen LogP contribution in [0.5, 0.6) is 0 Å². The lowest BCUT2D eigenvalue weighted by Gasteiger charge is -2.23. The molecule has 1 atom stereocenters. The van der Waals surface area contributed by atoms with E-state index in [2.05, 4.69) is 14.8 Å². The Morgan fingerprint density at radius 3 is 3.00 bits per heavy atom. The monoisotopic (exact) mass is 388 g/mol. The van der Waals surface area contributed by atoms with Crippen molar-refractivity contribution < 1.29 is 17.5 Å². The zero-order chi connectivity index (χ0) is 18.0. The molecular formula is C15H18ClFN4O3S. The summed E-state index contributed by atoms with van der Waals surface area (Å²) in [4.78, 5) is 4.37. The average molecular weight is 389 g/mol. The lowest BCUT2D eigenvalue weighted by molar-refractivity contribution is 0.177. The minimum Gasteiger partial charge on any atom is -0.377 e. The summed E-state index contributed by atoms with van der Waals surface area (Å²) in [7, 11) is -2.10. The minimum atomic E-state index is -3.65. The Morgan fingerprint density at radius 1 is 1.48 bits per heavy atom. The van der Waals surface area contributed by atoms with Gasteiger partial charge in [0.2, 0.25) is 10.0 Å². The van der Waals surface area contributed by atoms with Crippen molar-refractivity contribution in [2.24, 2.45) is 0 Å². The van der Waals surface area contributed by atoms with Gasteiger partial charge in [0, 0.05) is 13.7 Å². The average Bonchev–Trinajstić information content (AvgIpc) is 2.94. The van der Waals surface area contributed by atoms with Crippen molar-refractivity contribution in [3.63, 3.8) is 0 Å². The third kappa shape index (κ3) is 4.35. The molecule has 2 aromatic rings. The molecule has 3 rings (SSSR count). The van der Waals surface area contributed by atoms with Crippen LogP contribution < -0.4 is 4.72 Å². The van der Waals surface area contributed by atoms with Gasteiger partial charge in [0.05, 0.1) is 16.8 Å². The Kier molecular flexibility index (Phi) is 5.38. The van der Waals surface area contributed by atoms with Crippen molar-refractivity contribution >= 4 is 21.6 Å². The predicted octanol–water partition coefficient (Wildman–Crippen LogP) is 2.17. The molecule has 1 aromatic heterocycles. The van der Waals surface area contributed by atoms with Gasteiger partial charge in [-0.25, -0.2) is 27.2 Å². The minimum absolute atomic E-state index is 0.102. The Bertz CT molecular complexity index is 872. The van der Waals surface area contributed by atoms with Crippen molar-refractivity contribution in [1.82, 2.24) is 19.5 Å². The molecule has 1 N–H and O–H groups in total. The number of nitrogens with zero attached hydrogens (tertiary/aromatic N) is 3. The Hall–Kier alpha value is -1.55. The number of nitrogens with one attached hydrogen (secondary N) is 1. The molecule has 1 unspecified atom stereocenters. The van der Waals surface area contributed by atoms with E-state index >= 15 is 0 Å². The molecule has 10 heteroatoms. The van der Waals surface area contributed by atoms with Crippen LogP contribution in [0.15, 0.2) is 18.2 Å². The summed E-state index contributed by atoms with van der Waals surface area (Å²) in [5.74, 6) is 0.234. The summed E-state index contributed by atoms with van der Waals surface area (Å²) >= 11 is 5.71. The van der Waals surface area contributed by atoms with Crippen molar-refractivity contribution in [3.8, 4) is 0 Å². The van der Waals surface area contributed by atoms with E-state index in [1.54, 1.807) is 11.8 Å². The van der Waals surface area contributed by atoms with Crippen LogP contribution in [0.2, 0.25) is 5.02 Å². The van der Waals surface area contributed by atoms with E-state index < -0.39 is 21.9 Å². The highest BCUT2D eigenvalue weighted by Crippen LogP contribution is 2.25. The standard InChI is InChI=1S/C15H18ClFN4O3S/c1-24-8-14-18-15-13(3-2-6-21(15)19-14)20-25(22,23)9-10-4-5-12(17)11(16)7-10/h4-5,7,13,20H,2-3,6,8-9H2,1H3. The number of sulfonamides is 1. The fraction of sp³-hybridized carbons (Fsp3) is 0.467. The van der Waals surface area contributed by atoms with Crippen LogP contribution in [-0.4, -0.2) is 30.3 Å². The van der Waals surface area contributed by atoms with Crippen molar-refractivity contribution in [2.45, 2.75) is 37.8 Å². The van der Waals surface area contributed by atoms with E-state index in [4.69, 9.17) is 16.3 Å². The van der Waals surface area contributed by atoms with Crippen LogP contribution in [0, 0.1) is 5.82 Å². The zero-order valence-corrected chi connectivity index (χ0v) is 15.1. The smallest absolute Gasteiger partial charge is 0.216 e. The summed E-state index contributed by atoms with van der Waals surface area (Å²) < 4.78 is 47.6. The first-order chi connectivity index (χ1) is 11.9. The van der Waals surface area contributed by atoms with Crippen LogP contribution in [0.25, 0.3) is 0 Å². The quantitative estimate of drug-likeness (QED) is 0.819. The van der Waals surface area contributed by atoms with E-state index in [1.807, 2.05) is 0 Å². The second-order valence-electron chi connectivity index (χ2n) is 5.86. The zero-order valence-electron chi connectivity index (χ0n) is 13.6. The van der Waals surface area contributed by atoms with Crippen molar-refractivity contribution in [3.05, 3.63) is 46.3 Å². The highest BCUT2D eigenvalue weighted by Gasteiger charge is 2.28. The van der Waals surface area contributed by atoms with Crippen molar-refractivity contribution in [2.75, 3.05) is 7.11 Å². The number of hydrogen-bond donors (Lipinski definition) is 1. The van der Waals surface area contributed by atoms with E-state index in [1.165, 1.54) is 12.1 Å². The van der Waals surface area contributed by atoms with Gasteiger partial charge >= 0.3 is 0 Å². The Morgan fingerprint density at radius 2 is 2.28 bits per heavy atom. The number of fused-ring (bicyclic) bond motifs is 1. The third-order valence-corrected chi connectivity index (χ3v) is 5.50. The van der Waals surface area contributed by atoms with E-state index in [-0.39, 0.29) is 17.4 Å². The number of aryl methyl sites for hydroxylation is 1. The first kappa shape index (κ1) is 18.2. The molecule has 0 spiro atoms.